The molecule has 1 fully saturated rings. The Bertz CT molecular complexity index is 2160. The highest BCUT2D eigenvalue weighted by atomic mass is 28.4. The van der Waals surface area contributed by atoms with Crippen LogP contribution in [-0.2, 0) is 45.9 Å². The Morgan fingerprint density at radius 3 is 2.73 bits per heavy atom. The molecule has 7 rings (SSSR count). The average Bonchev–Trinajstić information content (AvgIpc) is 3.86. The van der Waals surface area contributed by atoms with Crippen LogP contribution in [0.2, 0.25) is 18.6 Å². The molecule has 14 nitrogen and oxygen atoms in total. The molecule has 15 heteroatoms. The Labute approximate surface area is 300 Å². The van der Waals surface area contributed by atoms with E-state index in [1.165, 1.54) is 12.1 Å². The molecular weight excluding hydrogens is 683 g/mol. The number of aryl methyl sites for hydroxylation is 1. The fourth-order valence-electron chi connectivity index (χ4n) is 8.13. The van der Waals surface area contributed by atoms with Gasteiger partial charge in [0.2, 0.25) is 5.91 Å². The van der Waals surface area contributed by atoms with Crippen molar-refractivity contribution in [3.63, 3.8) is 0 Å². The van der Waals surface area contributed by atoms with Crippen LogP contribution in [0.4, 0.5) is 17.1 Å². The number of anilines is 2. The summed E-state index contributed by atoms with van der Waals surface area (Å²) >= 11 is 0. The summed E-state index contributed by atoms with van der Waals surface area (Å²) in [5.74, 6) is -1.06. The van der Waals surface area contributed by atoms with Gasteiger partial charge < -0.3 is 29.8 Å². The van der Waals surface area contributed by atoms with Crippen molar-refractivity contribution in [3.8, 4) is 0 Å². The summed E-state index contributed by atoms with van der Waals surface area (Å²) in [4.78, 5) is 55.8. The fourth-order valence-corrected chi connectivity index (χ4v) is 10.7. The molecule has 4 heterocycles. The van der Waals surface area contributed by atoms with Crippen LogP contribution in [0.1, 0.15) is 35.7 Å². The summed E-state index contributed by atoms with van der Waals surface area (Å²) in [6, 6.07) is 19.5. The van der Waals surface area contributed by atoms with Crippen molar-refractivity contribution in [1.29, 1.82) is 0 Å². The molecule has 0 saturated carbocycles. The molecule has 1 saturated heterocycles. The number of nitrogens with zero attached hydrogens (tertiary/aromatic N) is 5. The number of aliphatic hydroxyl groups is 1. The molecule has 2 aliphatic heterocycles. The smallest absolute Gasteiger partial charge is 0.269 e. The Hall–Kier alpha value is -5.22. The van der Waals surface area contributed by atoms with E-state index in [1.54, 1.807) is 34.0 Å². The van der Waals surface area contributed by atoms with Crippen molar-refractivity contribution in [2.45, 2.75) is 69.6 Å². The maximum Gasteiger partial charge on any atom is 0.269 e. The number of hydrogen-bond donors (Lipinski definition) is 4. The van der Waals surface area contributed by atoms with Crippen molar-refractivity contribution in [2.24, 2.45) is 5.92 Å². The quantitative estimate of drug-likeness (QED) is 0.0795. The van der Waals surface area contributed by atoms with E-state index in [-0.39, 0.29) is 42.6 Å². The van der Waals surface area contributed by atoms with E-state index in [9.17, 15) is 29.6 Å². The predicted octanol–water partition coefficient (Wildman–Crippen LogP) is 4.82. The number of non-ortho nitro benzene ring substituents is 1. The number of aromatic amines is 1. The Kier molecular flexibility index (Phi) is 9.29. The third-order valence-corrected chi connectivity index (χ3v) is 12.9. The van der Waals surface area contributed by atoms with Crippen LogP contribution >= 0.6 is 0 Å². The lowest BCUT2D eigenvalue weighted by Crippen LogP contribution is -2.46. The lowest BCUT2D eigenvalue weighted by molar-refractivity contribution is -0.385. The molecule has 270 valence electrons. The molecule has 1 spiro atoms. The molecule has 3 aromatic carbocycles. The monoisotopic (exact) mass is 723 g/mol. The zero-order valence-electron chi connectivity index (χ0n) is 29.2. The summed E-state index contributed by atoms with van der Waals surface area (Å²) in [6.45, 7) is 6.00. The summed E-state index contributed by atoms with van der Waals surface area (Å²) in [7, 11) is -2.98. The number of benzene rings is 3. The van der Waals surface area contributed by atoms with Gasteiger partial charge in [-0.2, -0.15) is 0 Å². The predicted molar refractivity (Wildman–Crippen MR) is 196 cm³/mol. The average molecular weight is 724 g/mol. The molecule has 0 aliphatic carbocycles. The van der Waals surface area contributed by atoms with Gasteiger partial charge in [-0.15, -0.1) is 5.10 Å². The van der Waals surface area contributed by atoms with Crippen LogP contribution in [0.5, 0.6) is 0 Å². The van der Waals surface area contributed by atoms with Gasteiger partial charge in [0, 0.05) is 77.7 Å². The van der Waals surface area contributed by atoms with Crippen LogP contribution in [0.15, 0.2) is 79.1 Å². The molecule has 0 radical (unpaired) electrons. The third-order valence-electron chi connectivity index (χ3n) is 10.4. The van der Waals surface area contributed by atoms with E-state index in [2.05, 4.69) is 20.6 Å². The lowest BCUT2D eigenvalue weighted by Gasteiger charge is -2.32. The number of H-pyrrole nitrogens is 1. The number of carbonyl (C=O) groups excluding carboxylic acids is 2. The van der Waals surface area contributed by atoms with Crippen molar-refractivity contribution in [3.05, 3.63) is 112 Å². The second-order valence-electron chi connectivity index (χ2n) is 14.2. The van der Waals surface area contributed by atoms with Crippen molar-refractivity contribution >= 4 is 48.1 Å². The number of ether oxygens (including phenoxy) is 1. The number of carbonyl (C=O) groups is 2. The molecule has 2 aliphatic rings. The minimum atomic E-state index is -2.98. The summed E-state index contributed by atoms with van der Waals surface area (Å²) in [6.07, 6.45) is 3.99. The van der Waals surface area contributed by atoms with Crippen molar-refractivity contribution in [1.82, 2.24) is 20.0 Å². The molecule has 0 bridgehead atoms. The van der Waals surface area contributed by atoms with Gasteiger partial charge >= 0.3 is 0 Å². The van der Waals surface area contributed by atoms with E-state index in [0.29, 0.717) is 42.0 Å². The van der Waals surface area contributed by atoms with E-state index in [4.69, 9.17) is 4.74 Å². The molecule has 5 aromatic rings. The molecule has 2 amide bonds. The SMILES string of the molecule is C[C@H]1[C@H]([Si](C)(C)O)[C@@H](CCn2cc(CCO)nn2)O[C@]12C(=O)N(Cc1cccc(NC(=O)Cc3c[nH]c4ccccc34)c1)c1ccc([N+](=O)[O-])cc12. The third kappa shape index (κ3) is 6.40. The lowest BCUT2D eigenvalue weighted by atomic mass is 9.82. The summed E-state index contributed by atoms with van der Waals surface area (Å²) < 4.78 is 8.49. The fraction of sp³-hybridized carbons (Fsp3) is 0.351. The molecule has 52 heavy (non-hydrogen) atoms. The molecule has 2 aromatic heterocycles. The first-order valence-corrected chi connectivity index (χ1v) is 20.4. The number of nitro groups is 1. The number of para-hydroxylation sites is 1. The maximum absolute atomic E-state index is 14.8. The van der Waals surface area contributed by atoms with Gasteiger partial charge in [0.05, 0.1) is 35.4 Å². The summed E-state index contributed by atoms with van der Waals surface area (Å²) in [5.41, 5.74) is 2.57. The van der Waals surface area contributed by atoms with Crippen LogP contribution in [0.25, 0.3) is 10.9 Å². The standard InChI is InChI=1S/C37H41N7O7Si/c1-23-35(52(2,3)50)33(13-15-42-22-27(14-16-45)40-41-42)51-37(23)30-19-28(44(48)49)11-12-32(30)43(36(37)47)21-24-7-6-8-26(17-24)39-34(46)18-25-20-38-31-10-5-4-9-29(25)31/h4-12,17,19-20,22-23,33,35,38,45,50H,13-16,18,21H2,1-3H3,(H,39,46)/t23-,33+,35-,37+/m0/s1. The highest BCUT2D eigenvalue weighted by Gasteiger charge is 2.66. The molecule has 4 atom stereocenters. The number of hydrogen-bond acceptors (Lipinski definition) is 9. The molecule has 4 N–H and O–H groups in total. The number of amides is 2. The van der Waals surface area contributed by atoms with Gasteiger partial charge in [0.25, 0.3) is 11.6 Å². The minimum Gasteiger partial charge on any atom is -0.432 e. The van der Waals surface area contributed by atoms with Gasteiger partial charge in [-0.25, -0.2) is 0 Å². The van der Waals surface area contributed by atoms with Gasteiger partial charge in [-0.3, -0.25) is 24.4 Å². The van der Waals surface area contributed by atoms with E-state index in [0.717, 1.165) is 22.0 Å². The van der Waals surface area contributed by atoms with E-state index < -0.39 is 30.9 Å². The maximum atomic E-state index is 14.8. The largest absolute Gasteiger partial charge is 0.432 e. The second kappa shape index (κ2) is 13.7. The Morgan fingerprint density at radius 2 is 1.96 bits per heavy atom. The second-order valence-corrected chi connectivity index (χ2v) is 18.2. The Morgan fingerprint density at radius 1 is 1.15 bits per heavy atom. The number of aliphatic hydroxyl groups excluding tert-OH is 1. The number of fused-ring (bicyclic) bond motifs is 3. The highest BCUT2D eigenvalue weighted by Crippen LogP contribution is 2.60. The highest BCUT2D eigenvalue weighted by molar-refractivity contribution is 6.71. The first-order chi connectivity index (χ1) is 24.9. The van der Waals surface area contributed by atoms with Crippen LogP contribution in [-0.4, -0.2) is 67.6 Å². The minimum absolute atomic E-state index is 0.0499. The van der Waals surface area contributed by atoms with Crippen molar-refractivity contribution < 1.29 is 29.2 Å². The van der Waals surface area contributed by atoms with Crippen LogP contribution < -0.4 is 10.2 Å². The van der Waals surface area contributed by atoms with Crippen LogP contribution in [0.3, 0.4) is 0 Å². The van der Waals surface area contributed by atoms with Crippen molar-refractivity contribution in [2.75, 3.05) is 16.8 Å². The number of nitrogens with one attached hydrogen (secondary N) is 2. The zero-order chi connectivity index (χ0) is 36.8. The zero-order valence-corrected chi connectivity index (χ0v) is 30.2. The van der Waals surface area contributed by atoms with E-state index in [1.807, 2.05) is 62.6 Å². The molecular formula is C37H41N7O7Si. The summed E-state index contributed by atoms with van der Waals surface area (Å²) in [5, 5.41) is 33.5. The van der Waals surface area contributed by atoms with Gasteiger partial charge in [0.15, 0.2) is 13.9 Å². The number of nitro benzene ring substituents is 1. The van der Waals surface area contributed by atoms with Gasteiger partial charge in [-0.1, -0.05) is 42.5 Å². The Balaban J connectivity index is 1.16. The van der Waals surface area contributed by atoms with Gasteiger partial charge in [0.1, 0.15) is 0 Å². The van der Waals surface area contributed by atoms with Crippen LogP contribution in [0, 0.1) is 16.0 Å². The first-order valence-electron chi connectivity index (χ1n) is 17.3. The number of aromatic nitrogens is 4. The topological polar surface area (TPSA) is 189 Å². The normalized spacial score (nSPS) is 21.3. The number of rotatable bonds is 12. The van der Waals surface area contributed by atoms with Gasteiger partial charge in [-0.05, 0) is 54.9 Å². The molecule has 0 unspecified atom stereocenters. The first kappa shape index (κ1) is 35.2. The van der Waals surface area contributed by atoms with E-state index >= 15 is 0 Å².